The fraction of sp³-hybridized carbons (Fsp3) is 0.0500. The Balaban J connectivity index is 1.79. The maximum absolute atomic E-state index is 12.4. The van der Waals surface area contributed by atoms with Crippen molar-refractivity contribution < 1.29 is 4.79 Å². The van der Waals surface area contributed by atoms with Crippen LogP contribution < -0.4 is 10.6 Å². The Hall–Kier alpha value is -2.20. The average molecular weight is 406 g/mol. The van der Waals surface area contributed by atoms with Gasteiger partial charge in [0.1, 0.15) is 0 Å². The summed E-state index contributed by atoms with van der Waals surface area (Å²) in [6, 6.07) is 19.9. The molecule has 0 aliphatic heterocycles. The lowest BCUT2D eigenvalue weighted by Gasteiger charge is -2.14. The molecule has 0 unspecified atom stereocenters. The molecule has 0 atom stereocenters. The Morgan fingerprint density at radius 2 is 1.31 bits per heavy atom. The number of hydrogen-bond donors (Lipinski definition) is 2. The summed E-state index contributed by atoms with van der Waals surface area (Å²) in [4.78, 5) is 12.4. The third-order valence-corrected chi connectivity index (χ3v) is 4.70. The van der Waals surface area contributed by atoms with Crippen molar-refractivity contribution in [3.05, 3.63) is 87.4 Å². The van der Waals surface area contributed by atoms with Crippen LogP contribution in [-0.2, 0) is 11.2 Å². The maximum atomic E-state index is 12.4. The number of halogens is 3. The molecule has 0 aliphatic carbocycles. The molecule has 0 radical (unpaired) electrons. The van der Waals surface area contributed by atoms with Gasteiger partial charge in [0, 0.05) is 5.69 Å². The predicted octanol–water partition coefficient (Wildman–Crippen LogP) is 6.57. The molecule has 3 aromatic rings. The molecule has 0 heterocycles. The van der Waals surface area contributed by atoms with Crippen molar-refractivity contribution in [2.45, 2.75) is 6.42 Å². The van der Waals surface area contributed by atoms with Crippen LogP contribution in [0.15, 0.2) is 66.7 Å². The minimum absolute atomic E-state index is 0.169. The van der Waals surface area contributed by atoms with E-state index in [1.165, 1.54) is 0 Å². The van der Waals surface area contributed by atoms with Crippen molar-refractivity contribution in [3.63, 3.8) is 0 Å². The minimum Gasteiger partial charge on any atom is -0.353 e. The number of anilines is 3. The third kappa shape index (κ3) is 4.50. The third-order valence-electron chi connectivity index (χ3n) is 3.74. The lowest BCUT2D eigenvalue weighted by molar-refractivity contribution is -0.115. The molecule has 0 aliphatic rings. The molecular weight excluding hydrogens is 391 g/mol. The van der Waals surface area contributed by atoms with Gasteiger partial charge in [0.25, 0.3) is 0 Å². The topological polar surface area (TPSA) is 41.1 Å². The van der Waals surface area contributed by atoms with Crippen LogP contribution in [-0.4, -0.2) is 5.91 Å². The summed E-state index contributed by atoms with van der Waals surface area (Å²) in [5.74, 6) is -0.169. The van der Waals surface area contributed by atoms with Gasteiger partial charge in [-0.25, -0.2) is 0 Å². The minimum atomic E-state index is -0.169. The summed E-state index contributed by atoms with van der Waals surface area (Å²) >= 11 is 18.5. The van der Waals surface area contributed by atoms with Crippen LogP contribution >= 0.6 is 34.8 Å². The summed E-state index contributed by atoms with van der Waals surface area (Å²) in [6.45, 7) is 0. The van der Waals surface area contributed by atoms with Gasteiger partial charge in [-0.05, 0) is 35.9 Å². The number of amides is 1. The van der Waals surface area contributed by atoms with E-state index in [9.17, 15) is 4.79 Å². The molecule has 2 N–H and O–H groups in total. The molecule has 1 amide bonds. The molecule has 26 heavy (non-hydrogen) atoms. The van der Waals surface area contributed by atoms with E-state index in [0.717, 1.165) is 11.3 Å². The Morgan fingerprint density at radius 1 is 0.731 bits per heavy atom. The number of carbonyl (C=O) groups excluding carboxylic acids is 1. The highest BCUT2D eigenvalue weighted by Crippen LogP contribution is 2.33. The van der Waals surface area contributed by atoms with Crippen LogP contribution in [0, 0.1) is 0 Å². The Kier molecular flexibility index (Phi) is 6.04. The van der Waals surface area contributed by atoms with Crippen LogP contribution in [0.2, 0.25) is 15.1 Å². The van der Waals surface area contributed by atoms with E-state index in [2.05, 4.69) is 10.6 Å². The molecule has 0 spiro atoms. The van der Waals surface area contributed by atoms with E-state index >= 15 is 0 Å². The largest absolute Gasteiger partial charge is 0.353 e. The Bertz CT molecular complexity index is 924. The Morgan fingerprint density at radius 3 is 2.00 bits per heavy atom. The first-order valence-corrected chi connectivity index (χ1v) is 9.01. The molecule has 3 rings (SSSR count). The lowest BCUT2D eigenvalue weighted by Crippen LogP contribution is -2.15. The first-order chi connectivity index (χ1) is 12.5. The molecule has 0 bridgehead atoms. The number of para-hydroxylation sites is 3. The van der Waals surface area contributed by atoms with Gasteiger partial charge in [-0.2, -0.15) is 0 Å². The quantitative estimate of drug-likeness (QED) is 0.504. The molecule has 3 nitrogen and oxygen atoms in total. The van der Waals surface area contributed by atoms with Crippen LogP contribution in [0.1, 0.15) is 5.56 Å². The zero-order valence-corrected chi connectivity index (χ0v) is 15.9. The highest BCUT2D eigenvalue weighted by Gasteiger charge is 2.12. The SMILES string of the molecule is O=C(Cc1ccccc1Nc1c(Cl)cccc1Cl)Nc1ccccc1Cl. The van der Waals surface area contributed by atoms with Crippen molar-refractivity contribution in [3.8, 4) is 0 Å². The zero-order chi connectivity index (χ0) is 18.5. The van der Waals surface area contributed by atoms with Gasteiger partial charge < -0.3 is 10.6 Å². The molecule has 0 aromatic heterocycles. The molecule has 132 valence electrons. The normalized spacial score (nSPS) is 10.4. The zero-order valence-electron chi connectivity index (χ0n) is 13.6. The maximum Gasteiger partial charge on any atom is 0.228 e. The van der Waals surface area contributed by atoms with Crippen molar-refractivity contribution in [1.82, 2.24) is 0 Å². The number of benzene rings is 3. The van der Waals surface area contributed by atoms with Gasteiger partial charge in [-0.1, -0.05) is 71.2 Å². The van der Waals surface area contributed by atoms with Crippen LogP contribution in [0.25, 0.3) is 0 Å². The molecule has 0 saturated carbocycles. The fourth-order valence-electron chi connectivity index (χ4n) is 2.48. The van der Waals surface area contributed by atoms with Crippen LogP contribution in [0.5, 0.6) is 0 Å². The number of rotatable bonds is 5. The molecule has 0 saturated heterocycles. The van der Waals surface area contributed by atoms with Gasteiger partial charge in [-0.15, -0.1) is 0 Å². The van der Waals surface area contributed by atoms with Crippen molar-refractivity contribution in [2.75, 3.05) is 10.6 Å². The summed E-state index contributed by atoms with van der Waals surface area (Å²) in [7, 11) is 0. The van der Waals surface area contributed by atoms with Gasteiger partial charge in [0.15, 0.2) is 0 Å². The Labute approximate surface area is 166 Å². The predicted molar refractivity (Wildman–Crippen MR) is 110 cm³/mol. The van der Waals surface area contributed by atoms with Gasteiger partial charge in [0.05, 0.1) is 32.9 Å². The van der Waals surface area contributed by atoms with E-state index in [4.69, 9.17) is 34.8 Å². The molecule has 3 aromatic carbocycles. The van der Waals surface area contributed by atoms with Crippen molar-refractivity contribution in [1.29, 1.82) is 0 Å². The lowest BCUT2D eigenvalue weighted by atomic mass is 10.1. The summed E-state index contributed by atoms with van der Waals surface area (Å²) in [5.41, 5.74) is 2.76. The molecular formula is C20H15Cl3N2O. The van der Waals surface area contributed by atoms with Gasteiger partial charge in [0.2, 0.25) is 5.91 Å². The van der Waals surface area contributed by atoms with Crippen LogP contribution in [0.3, 0.4) is 0 Å². The van der Waals surface area contributed by atoms with E-state index in [0.29, 0.717) is 26.4 Å². The fourth-order valence-corrected chi connectivity index (χ4v) is 3.15. The number of carbonyl (C=O) groups is 1. The molecule has 6 heteroatoms. The summed E-state index contributed by atoms with van der Waals surface area (Å²) in [6.07, 6.45) is 0.177. The first-order valence-electron chi connectivity index (χ1n) is 7.88. The van der Waals surface area contributed by atoms with Crippen molar-refractivity contribution >= 4 is 57.8 Å². The second kappa shape index (κ2) is 8.45. The number of nitrogens with one attached hydrogen (secondary N) is 2. The standard InChI is InChI=1S/C20H15Cl3N2O/c21-14-7-2-4-11-18(14)24-19(26)12-13-6-1-3-10-17(13)25-20-15(22)8-5-9-16(20)23/h1-11,25H,12H2,(H,24,26). The summed E-state index contributed by atoms with van der Waals surface area (Å²) < 4.78 is 0. The van der Waals surface area contributed by atoms with E-state index in [1.807, 2.05) is 36.4 Å². The van der Waals surface area contributed by atoms with Crippen molar-refractivity contribution in [2.24, 2.45) is 0 Å². The average Bonchev–Trinajstić information content (AvgIpc) is 2.61. The van der Waals surface area contributed by atoms with Crippen LogP contribution in [0.4, 0.5) is 17.1 Å². The highest BCUT2D eigenvalue weighted by molar-refractivity contribution is 6.39. The second-order valence-corrected chi connectivity index (χ2v) is 6.81. The van der Waals surface area contributed by atoms with E-state index in [1.54, 1.807) is 30.3 Å². The molecule has 0 fully saturated rings. The monoisotopic (exact) mass is 404 g/mol. The summed E-state index contributed by atoms with van der Waals surface area (Å²) in [5, 5.41) is 7.55. The number of hydrogen-bond acceptors (Lipinski definition) is 2. The smallest absolute Gasteiger partial charge is 0.228 e. The second-order valence-electron chi connectivity index (χ2n) is 5.58. The first kappa shape index (κ1) is 18.6. The highest BCUT2D eigenvalue weighted by atomic mass is 35.5. The van der Waals surface area contributed by atoms with Gasteiger partial charge in [-0.3, -0.25) is 4.79 Å². The van der Waals surface area contributed by atoms with E-state index in [-0.39, 0.29) is 12.3 Å². The van der Waals surface area contributed by atoms with Gasteiger partial charge >= 0.3 is 0 Å². The van der Waals surface area contributed by atoms with E-state index < -0.39 is 0 Å².